The van der Waals surface area contributed by atoms with Gasteiger partial charge in [-0.2, -0.15) is 0 Å². The number of pyridine rings is 1. The van der Waals surface area contributed by atoms with E-state index in [0.29, 0.717) is 0 Å². The molecule has 0 saturated heterocycles. The number of benzene rings is 1. The van der Waals surface area contributed by atoms with E-state index in [-0.39, 0.29) is 51.5 Å². The third kappa shape index (κ3) is 5.51. The van der Waals surface area contributed by atoms with Crippen LogP contribution in [0, 0.1) is 5.82 Å². The van der Waals surface area contributed by atoms with Crippen molar-refractivity contribution in [2.75, 3.05) is 13.2 Å². The number of hydrogen-bond donors (Lipinski definition) is 1. The minimum absolute atomic E-state index is 0.0245. The van der Waals surface area contributed by atoms with E-state index in [9.17, 15) is 18.0 Å². The fourth-order valence-corrected chi connectivity index (χ4v) is 2.77. The van der Waals surface area contributed by atoms with Crippen molar-refractivity contribution in [2.24, 2.45) is 0 Å². The van der Waals surface area contributed by atoms with Crippen molar-refractivity contribution in [1.29, 1.82) is 0 Å². The Morgan fingerprint density at radius 3 is 2.65 bits per heavy atom. The van der Waals surface area contributed by atoms with Crippen molar-refractivity contribution in [3.05, 3.63) is 46.0 Å². The molecule has 0 fully saturated rings. The van der Waals surface area contributed by atoms with Crippen molar-refractivity contribution in [2.45, 2.75) is 19.8 Å². The number of rotatable bonds is 7. The van der Waals surface area contributed by atoms with Crippen LogP contribution >= 0.6 is 23.2 Å². The van der Waals surface area contributed by atoms with E-state index in [4.69, 9.17) is 27.9 Å². The zero-order valence-electron chi connectivity index (χ0n) is 13.7. The first-order chi connectivity index (χ1) is 12.3. The number of nitrogens with one attached hydrogen (secondary N) is 1. The molecular weight excluding hydrogens is 392 g/mol. The molecule has 0 bridgehead atoms. The smallest absolute Gasteiger partial charge is 0.272 e. The van der Waals surface area contributed by atoms with Crippen LogP contribution in [0.5, 0.6) is 5.75 Å². The lowest BCUT2D eigenvalue weighted by Crippen LogP contribution is -2.23. The molecule has 1 aromatic heterocycles. The standard InChI is InChI=1S/C17H15Cl2F3N2O2/c1-9(25)23-3-2-15-14(20)4-10(7-24-15)12-5-11(18)6-13(19)17(12)26-8-16(21)22/h4-7,16H,2-3,8H2,1H3,(H,23,25). The monoisotopic (exact) mass is 406 g/mol. The van der Waals surface area contributed by atoms with Crippen LogP contribution in [0.3, 0.4) is 0 Å². The van der Waals surface area contributed by atoms with Crippen LogP contribution in [0.4, 0.5) is 13.2 Å². The van der Waals surface area contributed by atoms with E-state index >= 15 is 0 Å². The number of amides is 1. The molecule has 0 aliphatic rings. The lowest BCUT2D eigenvalue weighted by atomic mass is 10.1. The number of ether oxygens (including phenoxy) is 1. The highest BCUT2D eigenvalue weighted by Gasteiger charge is 2.17. The molecule has 26 heavy (non-hydrogen) atoms. The average molecular weight is 407 g/mol. The topological polar surface area (TPSA) is 51.2 Å². The molecule has 1 aromatic carbocycles. The van der Waals surface area contributed by atoms with Gasteiger partial charge in [-0.3, -0.25) is 9.78 Å². The molecule has 9 heteroatoms. The van der Waals surface area contributed by atoms with E-state index in [2.05, 4.69) is 10.3 Å². The molecule has 1 heterocycles. The zero-order valence-corrected chi connectivity index (χ0v) is 15.2. The molecular formula is C17H15Cl2F3N2O2. The molecule has 0 aliphatic carbocycles. The lowest BCUT2D eigenvalue weighted by Gasteiger charge is -2.14. The lowest BCUT2D eigenvalue weighted by molar-refractivity contribution is -0.118. The zero-order chi connectivity index (χ0) is 19.3. The predicted octanol–water partition coefficient (Wildman–Crippen LogP) is 4.52. The summed E-state index contributed by atoms with van der Waals surface area (Å²) in [5.74, 6) is -0.858. The minimum atomic E-state index is -2.69. The molecule has 4 nitrogen and oxygen atoms in total. The molecule has 140 valence electrons. The second-order valence-corrected chi connectivity index (χ2v) is 6.20. The Balaban J connectivity index is 2.32. The number of alkyl halides is 2. The molecule has 0 radical (unpaired) electrons. The van der Waals surface area contributed by atoms with Crippen molar-refractivity contribution < 1.29 is 22.7 Å². The number of nitrogens with zero attached hydrogens (tertiary/aromatic N) is 1. The normalized spacial score (nSPS) is 10.9. The van der Waals surface area contributed by atoms with Gasteiger partial charge in [-0.1, -0.05) is 23.2 Å². The third-order valence-corrected chi connectivity index (χ3v) is 3.83. The Morgan fingerprint density at radius 2 is 2.04 bits per heavy atom. The largest absolute Gasteiger partial charge is 0.485 e. The van der Waals surface area contributed by atoms with Gasteiger partial charge in [0.05, 0.1) is 10.7 Å². The van der Waals surface area contributed by atoms with Crippen molar-refractivity contribution in [1.82, 2.24) is 10.3 Å². The molecule has 0 aliphatic heterocycles. The van der Waals surface area contributed by atoms with E-state index in [1.165, 1.54) is 31.3 Å². The number of aromatic nitrogens is 1. The summed E-state index contributed by atoms with van der Waals surface area (Å²) in [4.78, 5) is 14.9. The summed E-state index contributed by atoms with van der Waals surface area (Å²) in [6.45, 7) is 0.736. The van der Waals surface area contributed by atoms with Gasteiger partial charge in [-0.15, -0.1) is 0 Å². The van der Waals surface area contributed by atoms with Gasteiger partial charge in [0, 0.05) is 42.2 Å². The summed E-state index contributed by atoms with van der Waals surface area (Å²) >= 11 is 12.0. The second-order valence-electron chi connectivity index (χ2n) is 5.35. The first kappa shape index (κ1) is 20.3. The van der Waals surface area contributed by atoms with Crippen LogP contribution in [-0.2, 0) is 11.2 Å². The van der Waals surface area contributed by atoms with Crippen LogP contribution in [0.15, 0.2) is 24.4 Å². The number of carbonyl (C=O) groups excluding carboxylic acids is 1. The molecule has 2 aromatic rings. The van der Waals surface area contributed by atoms with Crippen LogP contribution in [0.25, 0.3) is 11.1 Å². The van der Waals surface area contributed by atoms with E-state index in [1.807, 2.05) is 0 Å². The van der Waals surface area contributed by atoms with Gasteiger partial charge >= 0.3 is 0 Å². The van der Waals surface area contributed by atoms with Crippen LogP contribution in [0.2, 0.25) is 10.0 Å². The Kier molecular flexibility index (Phi) is 7.11. The third-order valence-electron chi connectivity index (χ3n) is 3.33. The Labute approximate surface area is 158 Å². The van der Waals surface area contributed by atoms with Gasteiger partial charge in [0.1, 0.15) is 18.2 Å². The summed E-state index contributed by atoms with van der Waals surface area (Å²) in [6, 6.07) is 3.97. The fraction of sp³-hybridized carbons (Fsp3) is 0.294. The summed E-state index contributed by atoms with van der Waals surface area (Å²) in [7, 11) is 0. The maximum atomic E-state index is 14.3. The molecule has 0 atom stereocenters. The first-order valence-corrected chi connectivity index (χ1v) is 8.32. The Morgan fingerprint density at radius 1 is 1.31 bits per heavy atom. The van der Waals surface area contributed by atoms with Gasteiger partial charge in [0.15, 0.2) is 0 Å². The van der Waals surface area contributed by atoms with E-state index in [1.54, 1.807) is 0 Å². The molecule has 0 unspecified atom stereocenters. The Bertz CT molecular complexity index is 804. The maximum absolute atomic E-state index is 14.3. The predicted molar refractivity (Wildman–Crippen MR) is 93.5 cm³/mol. The van der Waals surface area contributed by atoms with Gasteiger partial charge in [-0.05, 0) is 18.2 Å². The molecule has 2 rings (SSSR count). The fourth-order valence-electron chi connectivity index (χ4n) is 2.22. The summed E-state index contributed by atoms with van der Waals surface area (Å²) < 4.78 is 44.3. The van der Waals surface area contributed by atoms with Gasteiger partial charge < -0.3 is 10.1 Å². The highest BCUT2D eigenvalue weighted by Crippen LogP contribution is 2.39. The summed E-state index contributed by atoms with van der Waals surface area (Å²) in [5.41, 5.74) is 0.688. The van der Waals surface area contributed by atoms with Crippen molar-refractivity contribution >= 4 is 29.1 Å². The van der Waals surface area contributed by atoms with E-state index in [0.717, 1.165) is 0 Å². The first-order valence-electron chi connectivity index (χ1n) is 7.57. The quantitative estimate of drug-likeness (QED) is 0.735. The highest BCUT2D eigenvalue weighted by atomic mass is 35.5. The van der Waals surface area contributed by atoms with Crippen LogP contribution < -0.4 is 10.1 Å². The van der Waals surface area contributed by atoms with E-state index < -0.39 is 18.8 Å². The van der Waals surface area contributed by atoms with Gasteiger partial charge in [0.2, 0.25) is 5.91 Å². The Hall–Kier alpha value is -1.99. The number of halogens is 5. The molecule has 0 saturated carbocycles. The summed E-state index contributed by atoms with van der Waals surface area (Å²) in [5, 5.41) is 2.82. The van der Waals surface area contributed by atoms with Crippen molar-refractivity contribution in [3.8, 4) is 16.9 Å². The second kappa shape index (κ2) is 9.09. The van der Waals surface area contributed by atoms with Gasteiger partial charge in [0.25, 0.3) is 6.43 Å². The number of hydrogen-bond acceptors (Lipinski definition) is 3. The maximum Gasteiger partial charge on any atom is 0.272 e. The highest BCUT2D eigenvalue weighted by molar-refractivity contribution is 6.36. The van der Waals surface area contributed by atoms with Crippen LogP contribution in [-0.4, -0.2) is 30.5 Å². The molecule has 1 amide bonds. The van der Waals surface area contributed by atoms with Crippen LogP contribution in [0.1, 0.15) is 12.6 Å². The molecule has 1 N–H and O–H groups in total. The molecule has 0 spiro atoms. The SMILES string of the molecule is CC(=O)NCCc1ncc(-c2cc(Cl)cc(Cl)c2OCC(F)F)cc1F. The van der Waals surface area contributed by atoms with Crippen molar-refractivity contribution in [3.63, 3.8) is 0 Å². The van der Waals surface area contributed by atoms with Gasteiger partial charge in [-0.25, -0.2) is 13.2 Å². The average Bonchev–Trinajstić information content (AvgIpc) is 2.54. The minimum Gasteiger partial charge on any atom is -0.485 e. The number of carbonyl (C=O) groups is 1. The summed E-state index contributed by atoms with van der Waals surface area (Å²) in [6.07, 6.45) is -1.12.